The molecular formula is C35H59IO8Sn. The predicted molar refractivity (Wildman–Crippen MR) is 192 cm³/mol. The van der Waals surface area contributed by atoms with E-state index in [0.29, 0.717) is 12.8 Å². The van der Waals surface area contributed by atoms with Gasteiger partial charge < -0.3 is 9.47 Å². The van der Waals surface area contributed by atoms with Crippen molar-refractivity contribution in [3.05, 3.63) is 32.0 Å². The number of esters is 4. The monoisotopic (exact) mass is 854 g/mol. The summed E-state index contributed by atoms with van der Waals surface area (Å²) >= 11 is -0.611. The van der Waals surface area contributed by atoms with Crippen LogP contribution in [0.5, 0.6) is 0 Å². The Balaban J connectivity index is 6.26. The zero-order valence-electron chi connectivity index (χ0n) is 29.1. The van der Waals surface area contributed by atoms with Crippen molar-refractivity contribution in [1.82, 2.24) is 0 Å². The van der Waals surface area contributed by atoms with Crippen LogP contribution in [-0.2, 0) is 38.1 Å². The van der Waals surface area contributed by atoms with E-state index in [4.69, 9.17) is 18.9 Å². The van der Waals surface area contributed by atoms with Gasteiger partial charge in [0.1, 0.15) is 0 Å². The molecule has 0 aliphatic carbocycles. The number of hydrogen-bond acceptors (Lipinski definition) is 8. The molecule has 0 aliphatic rings. The Hall–Kier alpha value is -1.37. The molecule has 0 aromatic heterocycles. The molecule has 8 nitrogen and oxygen atoms in total. The summed E-state index contributed by atoms with van der Waals surface area (Å²) in [5.74, 6) is -2.47. The Morgan fingerprint density at radius 2 is 1.07 bits per heavy atom. The number of carbonyl (C=O) groups is 4. The molecule has 0 atom stereocenters. The number of rotatable bonds is 24. The second-order valence-electron chi connectivity index (χ2n) is 12.1. The molecule has 0 spiro atoms. The van der Waals surface area contributed by atoms with Crippen LogP contribution in [0.2, 0.25) is 13.3 Å². The van der Waals surface area contributed by atoms with Crippen LogP contribution in [0.3, 0.4) is 0 Å². The van der Waals surface area contributed by atoms with Crippen molar-refractivity contribution < 1.29 is 38.1 Å². The fourth-order valence-electron chi connectivity index (χ4n) is 5.94. The van der Waals surface area contributed by atoms with Gasteiger partial charge in [0.15, 0.2) is 0 Å². The van der Waals surface area contributed by atoms with Gasteiger partial charge in [0, 0.05) is 0 Å². The summed E-state index contributed by atoms with van der Waals surface area (Å²) in [4.78, 5) is 52.1. The van der Waals surface area contributed by atoms with Gasteiger partial charge >= 0.3 is 226 Å². The molecule has 0 rings (SSSR count). The normalized spacial score (nSPS) is 12.9. The number of methoxy groups -OCH3 is 4. The van der Waals surface area contributed by atoms with Gasteiger partial charge in [-0.1, -0.05) is 28.7 Å². The van der Waals surface area contributed by atoms with Gasteiger partial charge in [-0.25, -0.2) is 0 Å². The first-order valence-electron chi connectivity index (χ1n) is 16.4. The third-order valence-electron chi connectivity index (χ3n) is 8.89. The van der Waals surface area contributed by atoms with Crippen LogP contribution in [0.25, 0.3) is 0 Å². The molecule has 0 aromatic carbocycles. The van der Waals surface area contributed by atoms with E-state index in [1.165, 1.54) is 80.3 Å². The Morgan fingerprint density at radius 3 is 1.44 bits per heavy atom. The molecule has 0 fully saturated rings. The van der Waals surface area contributed by atoms with Crippen LogP contribution >= 0.6 is 22.6 Å². The first kappa shape index (κ1) is 43.6. The van der Waals surface area contributed by atoms with Gasteiger partial charge in [-0.15, -0.1) is 0 Å². The molecule has 0 radical (unpaired) electrons. The van der Waals surface area contributed by atoms with Crippen LogP contribution in [0, 0.1) is 10.8 Å². The summed E-state index contributed by atoms with van der Waals surface area (Å²) < 4.78 is 28.5. The maximum atomic E-state index is 13.3. The van der Waals surface area contributed by atoms with E-state index in [0.717, 1.165) is 5.57 Å². The van der Waals surface area contributed by atoms with Gasteiger partial charge in [0.05, 0.1) is 14.2 Å². The molecule has 45 heavy (non-hydrogen) atoms. The predicted octanol–water partition coefficient (Wildman–Crippen LogP) is 8.83. The Bertz CT molecular complexity index is 950. The van der Waals surface area contributed by atoms with Gasteiger partial charge in [-0.05, 0) is 4.08 Å². The topological polar surface area (TPSA) is 105 Å². The van der Waals surface area contributed by atoms with Crippen molar-refractivity contribution >= 4 is 64.8 Å². The number of carbonyl (C=O) groups excluding carboxylic acids is 4. The van der Waals surface area contributed by atoms with Crippen LogP contribution < -0.4 is 0 Å². The summed E-state index contributed by atoms with van der Waals surface area (Å²) in [6, 6.07) is 0. The van der Waals surface area contributed by atoms with E-state index in [2.05, 4.69) is 30.9 Å². The fraction of sp³-hybridized carbons (Fsp3) is 0.714. The first-order chi connectivity index (χ1) is 21.5. The minimum absolute atomic E-state index is 0.156. The Kier molecular flexibility index (Phi) is 23.1. The number of allylic oxidation sites excluding steroid dienone is 4. The molecular weight excluding hydrogens is 794 g/mol. The van der Waals surface area contributed by atoms with Crippen LogP contribution in [-0.4, -0.2) is 70.7 Å². The zero-order chi connectivity index (χ0) is 34.4. The number of ether oxygens (including phenoxy) is 4. The molecule has 0 amide bonds. The first-order valence-corrected chi connectivity index (χ1v) is 25.4. The van der Waals surface area contributed by atoms with Crippen molar-refractivity contribution in [3.8, 4) is 0 Å². The van der Waals surface area contributed by atoms with Gasteiger partial charge in [0.25, 0.3) is 0 Å². The second kappa shape index (κ2) is 23.9. The molecule has 0 saturated heterocycles. The van der Waals surface area contributed by atoms with Crippen LogP contribution in [0.15, 0.2) is 32.0 Å². The van der Waals surface area contributed by atoms with Gasteiger partial charge in [-0.3, -0.25) is 9.59 Å². The zero-order valence-corrected chi connectivity index (χ0v) is 34.1. The average molecular weight is 853 g/mol. The summed E-state index contributed by atoms with van der Waals surface area (Å²) in [7, 11) is 5.13. The third-order valence-corrected chi connectivity index (χ3v) is 23.6. The van der Waals surface area contributed by atoms with Crippen molar-refractivity contribution in [3.63, 3.8) is 0 Å². The maximum absolute atomic E-state index is 13.3. The summed E-state index contributed by atoms with van der Waals surface area (Å²) in [5, 5.41) is 0. The van der Waals surface area contributed by atoms with Crippen molar-refractivity contribution in [2.45, 2.75) is 118 Å². The number of hydrogen-bond donors (Lipinski definition) is 0. The Labute approximate surface area is 290 Å². The molecule has 0 heterocycles. The third kappa shape index (κ3) is 13.7. The molecule has 0 unspecified atom stereocenters. The van der Waals surface area contributed by atoms with E-state index in [9.17, 15) is 19.2 Å². The molecule has 10 heteroatoms. The minimum atomic E-state index is -2.65. The van der Waals surface area contributed by atoms with E-state index in [1.807, 2.05) is 35.6 Å². The number of unbranched alkanes of at least 4 members (excludes halogenated alkanes) is 3. The van der Waals surface area contributed by atoms with Gasteiger partial charge in [-0.2, -0.15) is 0 Å². The molecule has 0 saturated carbocycles. The SMILES string of the molecule is CCC[CH2][Sn](/[CH]=C/CC(CC/C(C)=C\CCC(C/C=C/I)(C(=O)OC)C(=O)OC)(C(=O)OC)C(=O)OC)([CH2]CCC)[CH2]CCC. The quantitative estimate of drug-likeness (QED) is 0.0237. The fourth-order valence-corrected chi connectivity index (χ4v) is 20.6. The summed E-state index contributed by atoms with van der Waals surface area (Å²) in [6.07, 6.45) is 14.6. The summed E-state index contributed by atoms with van der Waals surface area (Å²) in [5.41, 5.74) is -1.99. The standard InChI is InChI=1S/C23H32IO8.3C4H9.Sn/c1-7-12-22(18(25)29-3,19(26)30-4)15-11-17(2)10-8-13-23(14-9-16-24,20(27)31-5)21(28)32-6;3*1-3-4-2;/h1,7,9-10,16H,8,11-15H2,2-6H3;3*1,3-4H2,2H3;/b7-1?,16-9+,17-10-;;;;. The van der Waals surface area contributed by atoms with Gasteiger partial charge in [0.2, 0.25) is 0 Å². The molecule has 258 valence electrons. The van der Waals surface area contributed by atoms with Crippen LogP contribution in [0.1, 0.15) is 105 Å². The van der Waals surface area contributed by atoms with Crippen molar-refractivity contribution in [2.24, 2.45) is 10.8 Å². The number of halogens is 1. The van der Waals surface area contributed by atoms with E-state index in [-0.39, 0.29) is 25.7 Å². The van der Waals surface area contributed by atoms with E-state index < -0.39 is 53.1 Å². The van der Waals surface area contributed by atoms with E-state index in [1.54, 1.807) is 10.2 Å². The Morgan fingerprint density at radius 1 is 0.667 bits per heavy atom. The average Bonchev–Trinajstić information content (AvgIpc) is 3.06. The summed E-state index contributed by atoms with van der Waals surface area (Å²) in [6.45, 7) is 8.63. The van der Waals surface area contributed by atoms with Crippen molar-refractivity contribution in [1.29, 1.82) is 0 Å². The van der Waals surface area contributed by atoms with E-state index >= 15 is 0 Å². The molecule has 0 aliphatic heterocycles. The molecule has 0 bridgehead atoms. The second-order valence-corrected chi connectivity index (χ2v) is 25.8. The van der Waals surface area contributed by atoms with Crippen molar-refractivity contribution in [2.75, 3.05) is 28.4 Å². The molecule has 0 N–H and O–H groups in total. The molecule has 0 aromatic rings. The van der Waals surface area contributed by atoms with Crippen LogP contribution in [0.4, 0.5) is 0 Å².